The third kappa shape index (κ3) is 5.13. The van der Waals surface area contributed by atoms with Crippen LogP contribution < -0.4 is 10.1 Å². The van der Waals surface area contributed by atoms with Gasteiger partial charge in [-0.2, -0.15) is 0 Å². The molecule has 0 spiro atoms. The Balaban J connectivity index is 1.57. The normalized spacial score (nSPS) is 16.1. The average molecular weight is 370 g/mol. The van der Waals surface area contributed by atoms with Gasteiger partial charge in [-0.05, 0) is 76.0 Å². The number of piperidine rings is 1. The highest BCUT2D eigenvalue weighted by Gasteiger charge is 2.25. The number of nitrogens with one attached hydrogen (secondary N) is 1. The molecule has 1 atom stereocenters. The standard InChI is InChI=1S/C22H30N2O3/c1-16-8-7-9-20(18(16)3)26-15-22(25)23-14-19(21-11-10-17(2)27-21)24-12-5-4-6-13-24/h7-11,19H,4-6,12-15H2,1-3H3,(H,23,25)/t19-/m1/s1. The summed E-state index contributed by atoms with van der Waals surface area (Å²) in [6.45, 7) is 8.63. The van der Waals surface area contributed by atoms with E-state index < -0.39 is 0 Å². The van der Waals surface area contributed by atoms with Crippen molar-refractivity contribution in [1.29, 1.82) is 0 Å². The average Bonchev–Trinajstić information content (AvgIpc) is 3.10. The van der Waals surface area contributed by atoms with Crippen molar-refractivity contribution in [2.75, 3.05) is 26.2 Å². The number of hydrogen-bond donors (Lipinski definition) is 1. The largest absolute Gasteiger partial charge is 0.483 e. The first-order chi connectivity index (χ1) is 13.0. The zero-order chi connectivity index (χ0) is 19.2. The van der Waals surface area contributed by atoms with Crippen molar-refractivity contribution in [3.05, 3.63) is 53.0 Å². The van der Waals surface area contributed by atoms with Crippen LogP contribution in [0.4, 0.5) is 0 Å². The summed E-state index contributed by atoms with van der Waals surface area (Å²) < 4.78 is 11.6. The molecule has 1 amide bonds. The molecule has 2 heterocycles. The third-order valence-electron chi connectivity index (χ3n) is 5.33. The lowest BCUT2D eigenvalue weighted by molar-refractivity contribution is -0.123. The van der Waals surface area contributed by atoms with Gasteiger partial charge >= 0.3 is 0 Å². The van der Waals surface area contributed by atoms with Crippen molar-refractivity contribution < 1.29 is 13.9 Å². The maximum Gasteiger partial charge on any atom is 0.258 e. The number of ether oxygens (including phenoxy) is 1. The fourth-order valence-corrected chi connectivity index (χ4v) is 3.56. The molecule has 2 aromatic rings. The molecule has 1 fully saturated rings. The van der Waals surface area contributed by atoms with Crippen LogP contribution in [0.2, 0.25) is 0 Å². The molecule has 1 aliphatic rings. The number of likely N-dealkylation sites (tertiary alicyclic amines) is 1. The van der Waals surface area contributed by atoms with Gasteiger partial charge in [0.05, 0.1) is 6.04 Å². The summed E-state index contributed by atoms with van der Waals surface area (Å²) in [6.07, 6.45) is 3.66. The number of furan rings is 1. The summed E-state index contributed by atoms with van der Waals surface area (Å²) in [5.74, 6) is 2.47. The van der Waals surface area contributed by atoms with Crippen molar-refractivity contribution in [3.8, 4) is 5.75 Å². The van der Waals surface area contributed by atoms with Crippen LogP contribution in [0.5, 0.6) is 5.75 Å². The van der Waals surface area contributed by atoms with Crippen LogP contribution in [0.1, 0.15) is 48.0 Å². The van der Waals surface area contributed by atoms with Gasteiger partial charge in [0.1, 0.15) is 17.3 Å². The highest BCUT2D eigenvalue weighted by molar-refractivity contribution is 5.77. The number of benzene rings is 1. The van der Waals surface area contributed by atoms with E-state index in [1.807, 2.05) is 51.1 Å². The molecule has 0 radical (unpaired) electrons. The second-order valence-electron chi connectivity index (χ2n) is 7.35. The van der Waals surface area contributed by atoms with Gasteiger partial charge in [-0.1, -0.05) is 18.6 Å². The molecule has 0 unspecified atom stereocenters. The van der Waals surface area contributed by atoms with E-state index in [0.29, 0.717) is 6.54 Å². The lowest BCUT2D eigenvalue weighted by atomic mass is 10.1. The van der Waals surface area contributed by atoms with E-state index in [2.05, 4.69) is 10.2 Å². The Kier molecular flexibility index (Phi) is 6.56. The Morgan fingerprint density at radius 2 is 1.93 bits per heavy atom. The van der Waals surface area contributed by atoms with E-state index in [1.165, 1.54) is 19.3 Å². The number of carbonyl (C=O) groups is 1. The predicted octanol–water partition coefficient (Wildman–Crippen LogP) is 3.93. The molecule has 1 aromatic carbocycles. The quantitative estimate of drug-likeness (QED) is 0.802. The van der Waals surface area contributed by atoms with Gasteiger partial charge in [-0.15, -0.1) is 0 Å². The lowest BCUT2D eigenvalue weighted by Gasteiger charge is -2.33. The van der Waals surface area contributed by atoms with Crippen molar-refractivity contribution in [2.45, 2.75) is 46.1 Å². The van der Waals surface area contributed by atoms with E-state index in [9.17, 15) is 4.79 Å². The highest BCUT2D eigenvalue weighted by atomic mass is 16.5. The number of carbonyl (C=O) groups excluding carboxylic acids is 1. The van der Waals surface area contributed by atoms with Crippen LogP contribution in [0.3, 0.4) is 0 Å². The topological polar surface area (TPSA) is 54.7 Å². The van der Waals surface area contributed by atoms with Gasteiger partial charge in [0.15, 0.2) is 6.61 Å². The van der Waals surface area contributed by atoms with Gasteiger partial charge in [-0.25, -0.2) is 0 Å². The molecule has 1 N–H and O–H groups in total. The van der Waals surface area contributed by atoms with Gasteiger partial charge in [0.25, 0.3) is 5.91 Å². The molecular formula is C22H30N2O3. The lowest BCUT2D eigenvalue weighted by Crippen LogP contribution is -2.41. The second-order valence-corrected chi connectivity index (χ2v) is 7.35. The minimum absolute atomic E-state index is 0.0220. The predicted molar refractivity (Wildman–Crippen MR) is 106 cm³/mol. The Morgan fingerprint density at radius 3 is 2.63 bits per heavy atom. The molecule has 27 heavy (non-hydrogen) atoms. The monoisotopic (exact) mass is 370 g/mol. The summed E-state index contributed by atoms with van der Waals surface area (Å²) in [5, 5.41) is 3.03. The Hall–Kier alpha value is -2.27. The first-order valence-electron chi connectivity index (χ1n) is 9.80. The summed E-state index contributed by atoms with van der Waals surface area (Å²) >= 11 is 0. The molecule has 0 aliphatic carbocycles. The number of hydrogen-bond acceptors (Lipinski definition) is 4. The number of aryl methyl sites for hydroxylation is 2. The van der Waals surface area contributed by atoms with Crippen LogP contribution in [0.25, 0.3) is 0 Å². The van der Waals surface area contributed by atoms with Crippen molar-refractivity contribution in [2.24, 2.45) is 0 Å². The summed E-state index contributed by atoms with van der Waals surface area (Å²) in [6, 6.07) is 9.96. The van der Waals surface area contributed by atoms with Gasteiger partial charge in [-0.3, -0.25) is 9.69 Å². The van der Waals surface area contributed by atoms with Crippen molar-refractivity contribution in [1.82, 2.24) is 10.2 Å². The SMILES string of the molecule is Cc1ccc([C@@H](CNC(=O)COc2cccc(C)c2C)N2CCCCC2)o1. The number of nitrogens with zero attached hydrogens (tertiary/aromatic N) is 1. The minimum atomic E-state index is -0.110. The summed E-state index contributed by atoms with van der Waals surface area (Å²) in [5.41, 5.74) is 2.23. The summed E-state index contributed by atoms with van der Waals surface area (Å²) in [4.78, 5) is 14.8. The molecule has 1 aliphatic heterocycles. The molecule has 5 nitrogen and oxygen atoms in total. The van der Waals surface area contributed by atoms with Crippen LogP contribution in [-0.2, 0) is 4.79 Å². The smallest absolute Gasteiger partial charge is 0.258 e. The van der Waals surface area contributed by atoms with Crippen LogP contribution in [-0.4, -0.2) is 37.0 Å². The van der Waals surface area contributed by atoms with Crippen LogP contribution >= 0.6 is 0 Å². The second kappa shape index (κ2) is 9.09. The van der Waals surface area contributed by atoms with Crippen LogP contribution in [0.15, 0.2) is 34.7 Å². The van der Waals surface area contributed by atoms with Crippen molar-refractivity contribution >= 4 is 5.91 Å². The zero-order valence-corrected chi connectivity index (χ0v) is 16.6. The highest BCUT2D eigenvalue weighted by Crippen LogP contribution is 2.26. The molecule has 146 valence electrons. The molecule has 5 heteroatoms. The van der Waals surface area contributed by atoms with E-state index in [0.717, 1.165) is 41.5 Å². The van der Waals surface area contributed by atoms with E-state index in [4.69, 9.17) is 9.15 Å². The third-order valence-corrected chi connectivity index (χ3v) is 5.33. The van der Waals surface area contributed by atoms with Gasteiger partial charge < -0.3 is 14.5 Å². The molecule has 0 saturated carbocycles. The first-order valence-corrected chi connectivity index (χ1v) is 9.80. The first kappa shape index (κ1) is 19.5. The number of amides is 1. The molecule has 1 aromatic heterocycles. The van der Waals surface area contributed by atoms with Crippen LogP contribution in [0, 0.1) is 20.8 Å². The zero-order valence-electron chi connectivity index (χ0n) is 16.6. The number of rotatable bonds is 7. The minimum Gasteiger partial charge on any atom is -0.483 e. The Morgan fingerprint density at radius 1 is 1.15 bits per heavy atom. The Labute approximate surface area is 161 Å². The molecule has 3 rings (SSSR count). The maximum absolute atomic E-state index is 12.4. The van der Waals surface area contributed by atoms with Gasteiger partial charge in [0.2, 0.25) is 0 Å². The van der Waals surface area contributed by atoms with E-state index in [1.54, 1.807) is 0 Å². The van der Waals surface area contributed by atoms with Crippen molar-refractivity contribution in [3.63, 3.8) is 0 Å². The molecule has 0 bridgehead atoms. The van der Waals surface area contributed by atoms with E-state index >= 15 is 0 Å². The summed E-state index contributed by atoms with van der Waals surface area (Å²) in [7, 11) is 0. The van der Waals surface area contributed by atoms with E-state index in [-0.39, 0.29) is 18.6 Å². The Bertz CT molecular complexity index is 763. The molecule has 1 saturated heterocycles. The molecular weight excluding hydrogens is 340 g/mol. The fourth-order valence-electron chi connectivity index (χ4n) is 3.56. The fraction of sp³-hybridized carbons (Fsp3) is 0.500. The maximum atomic E-state index is 12.4. The van der Waals surface area contributed by atoms with Gasteiger partial charge in [0, 0.05) is 6.54 Å².